The molecule has 1 saturated carbocycles. The SMILES string of the molecule is CCCCC1CCCCC(=O)C1. The van der Waals surface area contributed by atoms with Gasteiger partial charge in [-0.1, -0.05) is 39.0 Å². The molecule has 0 saturated heterocycles. The van der Waals surface area contributed by atoms with Crippen LogP contribution in [0.25, 0.3) is 0 Å². The Bertz CT molecular complexity index is 140. The fourth-order valence-electron chi connectivity index (χ4n) is 2.02. The van der Waals surface area contributed by atoms with Gasteiger partial charge in [-0.25, -0.2) is 0 Å². The van der Waals surface area contributed by atoms with E-state index in [4.69, 9.17) is 0 Å². The molecule has 0 aromatic rings. The molecular weight excluding hydrogens is 148 g/mol. The van der Waals surface area contributed by atoms with Crippen LogP contribution in [0.3, 0.4) is 0 Å². The maximum atomic E-state index is 11.3. The van der Waals surface area contributed by atoms with Gasteiger partial charge in [-0.2, -0.15) is 0 Å². The summed E-state index contributed by atoms with van der Waals surface area (Å²) in [6, 6.07) is 0. The van der Waals surface area contributed by atoms with Crippen molar-refractivity contribution in [2.45, 2.75) is 58.3 Å². The summed E-state index contributed by atoms with van der Waals surface area (Å²) in [5, 5.41) is 0. The molecule has 0 spiro atoms. The van der Waals surface area contributed by atoms with Crippen LogP contribution in [0.15, 0.2) is 0 Å². The van der Waals surface area contributed by atoms with Gasteiger partial charge < -0.3 is 0 Å². The highest BCUT2D eigenvalue weighted by Crippen LogP contribution is 2.24. The van der Waals surface area contributed by atoms with Gasteiger partial charge in [0.25, 0.3) is 0 Å². The molecule has 0 aliphatic heterocycles. The molecule has 1 fully saturated rings. The minimum atomic E-state index is 0.508. The third-order valence-corrected chi connectivity index (χ3v) is 2.80. The fraction of sp³-hybridized carbons (Fsp3) is 0.909. The smallest absolute Gasteiger partial charge is 0.133 e. The maximum Gasteiger partial charge on any atom is 0.133 e. The van der Waals surface area contributed by atoms with Crippen molar-refractivity contribution in [1.29, 1.82) is 0 Å². The van der Waals surface area contributed by atoms with E-state index in [-0.39, 0.29) is 0 Å². The van der Waals surface area contributed by atoms with Gasteiger partial charge in [0, 0.05) is 12.8 Å². The molecule has 1 rings (SSSR count). The number of rotatable bonds is 3. The van der Waals surface area contributed by atoms with Crippen molar-refractivity contribution in [3.63, 3.8) is 0 Å². The van der Waals surface area contributed by atoms with Gasteiger partial charge in [-0.3, -0.25) is 4.79 Å². The largest absolute Gasteiger partial charge is 0.300 e. The third kappa shape index (κ3) is 3.38. The molecular formula is C11H20O. The molecule has 1 unspecified atom stereocenters. The van der Waals surface area contributed by atoms with Crippen LogP contribution in [0.4, 0.5) is 0 Å². The summed E-state index contributed by atoms with van der Waals surface area (Å²) in [5.74, 6) is 1.23. The van der Waals surface area contributed by atoms with Crippen molar-refractivity contribution in [2.24, 2.45) is 5.92 Å². The quantitative estimate of drug-likeness (QED) is 0.591. The van der Waals surface area contributed by atoms with Gasteiger partial charge in [-0.15, -0.1) is 0 Å². The summed E-state index contributed by atoms with van der Waals surface area (Å²) in [6.07, 6.45) is 9.29. The Balaban J connectivity index is 2.26. The highest BCUT2D eigenvalue weighted by atomic mass is 16.1. The number of Topliss-reactive ketones (excluding diaryl/α,β-unsaturated/α-hetero) is 1. The Morgan fingerprint density at radius 1 is 1.42 bits per heavy atom. The Morgan fingerprint density at radius 2 is 2.25 bits per heavy atom. The van der Waals surface area contributed by atoms with Crippen LogP contribution < -0.4 is 0 Å². The summed E-state index contributed by atoms with van der Waals surface area (Å²) in [4.78, 5) is 11.3. The average Bonchev–Trinajstić information content (AvgIpc) is 2.26. The maximum absolute atomic E-state index is 11.3. The molecule has 0 radical (unpaired) electrons. The molecule has 0 bridgehead atoms. The van der Waals surface area contributed by atoms with Crippen molar-refractivity contribution in [3.05, 3.63) is 0 Å². The number of carbonyl (C=O) groups excluding carboxylic acids is 1. The predicted molar refractivity (Wildman–Crippen MR) is 51.1 cm³/mol. The van der Waals surface area contributed by atoms with E-state index < -0.39 is 0 Å². The zero-order valence-corrected chi connectivity index (χ0v) is 8.14. The average molecular weight is 168 g/mol. The number of hydrogen-bond donors (Lipinski definition) is 0. The van der Waals surface area contributed by atoms with E-state index in [0.717, 1.165) is 25.2 Å². The summed E-state index contributed by atoms with van der Waals surface area (Å²) in [7, 11) is 0. The Morgan fingerprint density at radius 3 is 3.00 bits per heavy atom. The van der Waals surface area contributed by atoms with E-state index in [1.807, 2.05) is 0 Å². The molecule has 1 aliphatic carbocycles. The summed E-state index contributed by atoms with van der Waals surface area (Å²) in [5.41, 5.74) is 0. The van der Waals surface area contributed by atoms with Crippen LogP contribution >= 0.6 is 0 Å². The first kappa shape index (κ1) is 9.76. The summed E-state index contributed by atoms with van der Waals surface area (Å²) in [6.45, 7) is 2.22. The Kier molecular flexibility index (Phi) is 4.34. The van der Waals surface area contributed by atoms with Crippen LogP contribution in [0, 0.1) is 5.92 Å². The molecule has 1 heteroatoms. The van der Waals surface area contributed by atoms with Crippen molar-refractivity contribution >= 4 is 5.78 Å². The van der Waals surface area contributed by atoms with E-state index >= 15 is 0 Å². The summed E-state index contributed by atoms with van der Waals surface area (Å²) >= 11 is 0. The molecule has 0 amide bonds. The molecule has 0 aromatic carbocycles. The molecule has 1 nitrogen and oxygen atoms in total. The first-order valence-electron chi connectivity index (χ1n) is 5.34. The van der Waals surface area contributed by atoms with Gasteiger partial charge in [0.1, 0.15) is 5.78 Å². The van der Waals surface area contributed by atoms with E-state index in [0.29, 0.717) is 5.78 Å². The van der Waals surface area contributed by atoms with Crippen LogP contribution in [0.5, 0.6) is 0 Å². The van der Waals surface area contributed by atoms with Crippen LogP contribution in [0.2, 0.25) is 0 Å². The molecule has 12 heavy (non-hydrogen) atoms. The van der Waals surface area contributed by atoms with Gasteiger partial charge >= 0.3 is 0 Å². The van der Waals surface area contributed by atoms with Crippen LogP contribution in [-0.4, -0.2) is 5.78 Å². The van der Waals surface area contributed by atoms with E-state index in [1.165, 1.54) is 32.1 Å². The van der Waals surface area contributed by atoms with Crippen molar-refractivity contribution in [2.75, 3.05) is 0 Å². The second-order valence-corrected chi connectivity index (χ2v) is 4.00. The minimum absolute atomic E-state index is 0.508. The Labute approximate surface area is 75.5 Å². The van der Waals surface area contributed by atoms with Gasteiger partial charge in [0.05, 0.1) is 0 Å². The number of unbranched alkanes of at least 4 members (excludes halogenated alkanes) is 1. The van der Waals surface area contributed by atoms with E-state index in [1.54, 1.807) is 0 Å². The zero-order chi connectivity index (χ0) is 8.81. The second-order valence-electron chi connectivity index (χ2n) is 4.00. The molecule has 0 heterocycles. The second kappa shape index (κ2) is 5.34. The first-order chi connectivity index (χ1) is 5.83. The first-order valence-corrected chi connectivity index (χ1v) is 5.34. The normalized spacial score (nSPS) is 25.4. The highest BCUT2D eigenvalue weighted by molar-refractivity contribution is 5.78. The van der Waals surface area contributed by atoms with Crippen molar-refractivity contribution < 1.29 is 4.79 Å². The van der Waals surface area contributed by atoms with Crippen molar-refractivity contribution in [1.82, 2.24) is 0 Å². The number of hydrogen-bond acceptors (Lipinski definition) is 1. The highest BCUT2D eigenvalue weighted by Gasteiger charge is 2.16. The topological polar surface area (TPSA) is 17.1 Å². The zero-order valence-electron chi connectivity index (χ0n) is 8.14. The monoisotopic (exact) mass is 168 g/mol. The number of carbonyl (C=O) groups is 1. The lowest BCUT2D eigenvalue weighted by Crippen LogP contribution is -2.04. The van der Waals surface area contributed by atoms with E-state index in [2.05, 4.69) is 6.92 Å². The molecule has 1 atom stereocenters. The van der Waals surface area contributed by atoms with Gasteiger partial charge in [0.2, 0.25) is 0 Å². The summed E-state index contributed by atoms with van der Waals surface area (Å²) < 4.78 is 0. The standard InChI is InChI=1S/C11H20O/c1-2-3-6-10-7-4-5-8-11(12)9-10/h10H,2-9H2,1H3. The predicted octanol–water partition coefficient (Wildman–Crippen LogP) is 3.33. The molecule has 0 aromatic heterocycles. The lowest BCUT2D eigenvalue weighted by Gasteiger charge is -2.11. The van der Waals surface area contributed by atoms with E-state index in [9.17, 15) is 4.79 Å². The Hall–Kier alpha value is -0.330. The van der Waals surface area contributed by atoms with Crippen LogP contribution in [-0.2, 0) is 4.79 Å². The molecule has 0 N–H and O–H groups in total. The molecule has 70 valence electrons. The van der Waals surface area contributed by atoms with Gasteiger partial charge in [0.15, 0.2) is 0 Å². The lowest BCUT2D eigenvalue weighted by atomic mass is 9.94. The minimum Gasteiger partial charge on any atom is -0.300 e. The van der Waals surface area contributed by atoms with Gasteiger partial charge in [-0.05, 0) is 12.3 Å². The van der Waals surface area contributed by atoms with Crippen LogP contribution in [0.1, 0.15) is 58.3 Å². The van der Waals surface area contributed by atoms with Crippen molar-refractivity contribution in [3.8, 4) is 0 Å². The number of ketones is 1. The fourth-order valence-corrected chi connectivity index (χ4v) is 2.02. The molecule has 1 aliphatic rings. The lowest BCUT2D eigenvalue weighted by molar-refractivity contribution is -0.119. The third-order valence-electron chi connectivity index (χ3n) is 2.80.